The van der Waals surface area contributed by atoms with E-state index in [1.165, 1.54) is 0 Å². The molecule has 0 aromatic rings. The minimum absolute atomic E-state index is 0.110. The molecule has 4 heteroatoms. The summed E-state index contributed by atoms with van der Waals surface area (Å²) in [5, 5.41) is 0. The highest BCUT2D eigenvalue weighted by Gasteiger charge is 2.37. The van der Waals surface area contributed by atoms with Crippen molar-refractivity contribution in [1.82, 2.24) is 0 Å². The van der Waals surface area contributed by atoms with Gasteiger partial charge in [0.05, 0.1) is 13.2 Å². The van der Waals surface area contributed by atoms with Crippen molar-refractivity contribution in [2.75, 3.05) is 26.4 Å². The van der Waals surface area contributed by atoms with Crippen LogP contribution in [0, 0.1) is 5.41 Å². The second-order valence-corrected chi connectivity index (χ2v) is 5.75. The van der Waals surface area contributed by atoms with Crippen LogP contribution in [0.25, 0.3) is 0 Å². The summed E-state index contributed by atoms with van der Waals surface area (Å²) in [4.78, 5) is 0. The van der Waals surface area contributed by atoms with Gasteiger partial charge < -0.3 is 18.9 Å². The summed E-state index contributed by atoms with van der Waals surface area (Å²) in [6.45, 7) is 13.0. The molecule has 1 aliphatic rings. The standard InChI is InChI=1S/C14H28O4/c1-6-15-12(16-7-2)8-9-14(5)17-10-13(3,4)11-18-14/h12H,6-11H2,1-5H3. The molecular weight excluding hydrogens is 232 g/mol. The SMILES string of the molecule is CCOC(CCC1(C)OCC(C)(C)CO1)OCC. The molecule has 0 atom stereocenters. The zero-order valence-electron chi connectivity index (χ0n) is 12.5. The average molecular weight is 260 g/mol. The minimum atomic E-state index is -0.498. The van der Waals surface area contributed by atoms with Gasteiger partial charge in [0.25, 0.3) is 0 Å². The van der Waals surface area contributed by atoms with Gasteiger partial charge in [0.15, 0.2) is 12.1 Å². The van der Waals surface area contributed by atoms with E-state index in [1.54, 1.807) is 0 Å². The third kappa shape index (κ3) is 5.22. The van der Waals surface area contributed by atoms with Gasteiger partial charge in [-0.2, -0.15) is 0 Å². The minimum Gasteiger partial charge on any atom is -0.353 e. The number of ether oxygens (including phenoxy) is 4. The summed E-state index contributed by atoms with van der Waals surface area (Å²) in [5.74, 6) is -0.498. The second kappa shape index (κ2) is 6.85. The molecule has 4 nitrogen and oxygen atoms in total. The van der Waals surface area contributed by atoms with Crippen LogP contribution in [0.4, 0.5) is 0 Å². The summed E-state index contributed by atoms with van der Waals surface area (Å²) < 4.78 is 22.8. The first-order valence-electron chi connectivity index (χ1n) is 6.92. The predicted octanol–water partition coefficient (Wildman–Crippen LogP) is 2.95. The van der Waals surface area contributed by atoms with Crippen LogP contribution in [0.3, 0.4) is 0 Å². The Balaban J connectivity index is 2.36. The van der Waals surface area contributed by atoms with Crippen LogP contribution in [-0.2, 0) is 18.9 Å². The van der Waals surface area contributed by atoms with E-state index in [2.05, 4.69) is 13.8 Å². The molecule has 0 aromatic heterocycles. The molecule has 0 aromatic carbocycles. The van der Waals surface area contributed by atoms with Gasteiger partial charge in [0.1, 0.15) is 0 Å². The molecule has 108 valence electrons. The average Bonchev–Trinajstić information content (AvgIpc) is 2.32. The highest BCUT2D eigenvalue weighted by atomic mass is 16.7. The molecule has 0 N–H and O–H groups in total. The number of hydrogen-bond donors (Lipinski definition) is 0. The quantitative estimate of drug-likeness (QED) is 0.659. The smallest absolute Gasteiger partial charge is 0.165 e. The van der Waals surface area contributed by atoms with Crippen molar-refractivity contribution >= 4 is 0 Å². The summed E-state index contributed by atoms with van der Waals surface area (Å²) in [6, 6.07) is 0. The summed E-state index contributed by atoms with van der Waals surface area (Å²) >= 11 is 0. The summed E-state index contributed by atoms with van der Waals surface area (Å²) in [6.07, 6.45) is 1.42. The maximum Gasteiger partial charge on any atom is 0.165 e. The largest absolute Gasteiger partial charge is 0.353 e. The molecule has 18 heavy (non-hydrogen) atoms. The maximum atomic E-state index is 5.85. The molecule has 0 bridgehead atoms. The van der Waals surface area contributed by atoms with E-state index in [-0.39, 0.29) is 11.7 Å². The van der Waals surface area contributed by atoms with Crippen LogP contribution in [0.5, 0.6) is 0 Å². The molecular formula is C14H28O4. The van der Waals surface area contributed by atoms with Crippen molar-refractivity contribution in [3.8, 4) is 0 Å². The van der Waals surface area contributed by atoms with E-state index in [0.29, 0.717) is 13.2 Å². The van der Waals surface area contributed by atoms with Gasteiger partial charge in [0, 0.05) is 31.5 Å². The third-order valence-corrected chi connectivity index (χ3v) is 3.08. The van der Waals surface area contributed by atoms with Crippen LogP contribution in [0.15, 0.2) is 0 Å². The number of rotatable bonds is 7. The van der Waals surface area contributed by atoms with Gasteiger partial charge in [-0.05, 0) is 20.8 Å². The molecule has 0 spiro atoms. The fourth-order valence-electron chi connectivity index (χ4n) is 1.89. The Morgan fingerprint density at radius 1 is 1.00 bits per heavy atom. The van der Waals surface area contributed by atoms with Gasteiger partial charge >= 0.3 is 0 Å². The lowest BCUT2D eigenvalue weighted by molar-refractivity contribution is -0.297. The van der Waals surface area contributed by atoms with Crippen LogP contribution in [0.1, 0.15) is 47.5 Å². The normalized spacial score (nSPS) is 22.3. The molecule has 0 amide bonds. The molecule has 1 rings (SSSR count). The van der Waals surface area contributed by atoms with E-state index in [9.17, 15) is 0 Å². The monoisotopic (exact) mass is 260 g/mol. The molecule has 1 saturated heterocycles. The zero-order chi connectivity index (χ0) is 13.6. The lowest BCUT2D eigenvalue weighted by Crippen LogP contribution is -2.46. The fraction of sp³-hybridized carbons (Fsp3) is 1.00. The Hall–Kier alpha value is -0.160. The second-order valence-electron chi connectivity index (χ2n) is 5.75. The lowest BCUT2D eigenvalue weighted by Gasteiger charge is -2.41. The lowest BCUT2D eigenvalue weighted by atomic mass is 9.94. The first kappa shape index (κ1) is 15.9. The summed E-state index contributed by atoms with van der Waals surface area (Å²) in [5.41, 5.74) is 0.110. The first-order chi connectivity index (χ1) is 8.41. The van der Waals surface area contributed by atoms with Crippen LogP contribution < -0.4 is 0 Å². The van der Waals surface area contributed by atoms with E-state index < -0.39 is 5.79 Å². The van der Waals surface area contributed by atoms with Crippen LogP contribution in [-0.4, -0.2) is 38.5 Å². The molecule has 0 unspecified atom stereocenters. The molecule has 1 heterocycles. The van der Waals surface area contributed by atoms with E-state index in [0.717, 1.165) is 26.1 Å². The van der Waals surface area contributed by atoms with Crippen molar-refractivity contribution in [2.45, 2.75) is 59.5 Å². The van der Waals surface area contributed by atoms with Gasteiger partial charge in [-0.15, -0.1) is 0 Å². The Bertz CT molecular complexity index is 224. The molecule has 1 aliphatic heterocycles. The van der Waals surface area contributed by atoms with Crippen molar-refractivity contribution < 1.29 is 18.9 Å². The van der Waals surface area contributed by atoms with E-state index >= 15 is 0 Å². The Kier molecular flexibility index (Phi) is 6.05. The molecule has 0 radical (unpaired) electrons. The topological polar surface area (TPSA) is 36.9 Å². The molecule has 1 fully saturated rings. The Morgan fingerprint density at radius 3 is 1.94 bits per heavy atom. The summed E-state index contributed by atoms with van der Waals surface area (Å²) in [7, 11) is 0. The van der Waals surface area contributed by atoms with Crippen LogP contribution >= 0.6 is 0 Å². The van der Waals surface area contributed by atoms with Crippen molar-refractivity contribution in [3.05, 3.63) is 0 Å². The fourth-order valence-corrected chi connectivity index (χ4v) is 1.89. The van der Waals surface area contributed by atoms with E-state index in [1.807, 2.05) is 20.8 Å². The predicted molar refractivity (Wildman–Crippen MR) is 70.4 cm³/mol. The number of hydrogen-bond acceptors (Lipinski definition) is 4. The molecule has 0 saturated carbocycles. The van der Waals surface area contributed by atoms with E-state index in [4.69, 9.17) is 18.9 Å². The van der Waals surface area contributed by atoms with Crippen LogP contribution in [0.2, 0.25) is 0 Å². The third-order valence-electron chi connectivity index (χ3n) is 3.08. The van der Waals surface area contributed by atoms with Crippen molar-refractivity contribution in [1.29, 1.82) is 0 Å². The Labute approximate surface area is 111 Å². The zero-order valence-corrected chi connectivity index (χ0v) is 12.5. The highest BCUT2D eigenvalue weighted by Crippen LogP contribution is 2.32. The Morgan fingerprint density at radius 2 is 1.50 bits per heavy atom. The van der Waals surface area contributed by atoms with Gasteiger partial charge in [-0.3, -0.25) is 0 Å². The van der Waals surface area contributed by atoms with Crippen molar-refractivity contribution in [2.24, 2.45) is 5.41 Å². The molecule has 0 aliphatic carbocycles. The highest BCUT2D eigenvalue weighted by molar-refractivity contribution is 4.77. The van der Waals surface area contributed by atoms with Crippen molar-refractivity contribution in [3.63, 3.8) is 0 Å². The van der Waals surface area contributed by atoms with Gasteiger partial charge in [0.2, 0.25) is 0 Å². The van der Waals surface area contributed by atoms with Gasteiger partial charge in [-0.1, -0.05) is 13.8 Å². The first-order valence-corrected chi connectivity index (χ1v) is 6.92. The maximum absolute atomic E-state index is 5.85. The van der Waals surface area contributed by atoms with Gasteiger partial charge in [-0.25, -0.2) is 0 Å².